The molecule has 4 fully saturated rings. The van der Waals surface area contributed by atoms with Crippen LogP contribution in [0, 0.1) is 50.2 Å². The van der Waals surface area contributed by atoms with Gasteiger partial charge in [0.1, 0.15) is 0 Å². The SMILES string of the molecule is CC1(C)CC[C@]2(C(=O)O)CC[C@]3(C)C(=CCC4[C@@]5(C)C[C@@H](O)[C@H](O)C(C)(C)C5CC[C@]43C)[C@@H]2C1. The predicted molar refractivity (Wildman–Crippen MR) is 134 cm³/mol. The molecule has 0 amide bonds. The number of allylic oxidation sites excluding steroid dienone is 2. The lowest BCUT2D eigenvalue weighted by molar-refractivity contribution is -0.231. The van der Waals surface area contributed by atoms with Crippen LogP contribution in [-0.4, -0.2) is 33.5 Å². The summed E-state index contributed by atoms with van der Waals surface area (Å²) in [7, 11) is 0. The van der Waals surface area contributed by atoms with Crippen molar-refractivity contribution in [2.75, 3.05) is 0 Å². The number of aliphatic hydroxyl groups excluding tert-OH is 2. The first-order chi connectivity index (χ1) is 15.6. The van der Waals surface area contributed by atoms with Crippen LogP contribution in [0.25, 0.3) is 0 Å². The Balaban J connectivity index is 1.61. The van der Waals surface area contributed by atoms with Crippen molar-refractivity contribution in [1.29, 1.82) is 0 Å². The molecule has 4 saturated carbocycles. The maximum atomic E-state index is 12.8. The third-order valence-corrected chi connectivity index (χ3v) is 13.0. The monoisotopic (exact) mass is 472 g/mol. The standard InChI is InChI=1S/C30H48O4/c1-25(2)12-14-30(24(33)34)15-13-28(6)18(19(30)16-25)8-9-22-27(5)17-20(31)23(32)26(3,4)21(27)10-11-29(22,28)7/h8,19-23,31-32H,9-17H2,1-7H3,(H,33,34)/t19-,20+,21?,22?,23-,27-,28+,29+,30-/m0/s1. The number of aliphatic hydroxyl groups is 2. The molecule has 0 bridgehead atoms. The Morgan fingerprint density at radius 2 is 1.53 bits per heavy atom. The summed E-state index contributed by atoms with van der Waals surface area (Å²) in [6.07, 6.45) is 9.45. The Morgan fingerprint density at radius 3 is 2.18 bits per heavy atom. The van der Waals surface area contributed by atoms with E-state index in [1.165, 1.54) is 5.57 Å². The molecule has 0 aromatic rings. The fourth-order valence-corrected chi connectivity index (χ4v) is 10.8. The molecule has 4 heteroatoms. The van der Waals surface area contributed by atoms with Crippen LogP contribution in [0.15, 0.2) is 11.6 Å². The summed E-state index contributed by atoms with van der Waals surface area (Å²) in [4.78, 5) is 12.8. The molecule has 5 aliphatic rings. The molecule has 192 valence electrons. The average molecular weight is 473 g/mol. The van der Waals surface area contributed by atoms with Crippen LogP contribution in [0.2, 0.25) is 0 Å². The molecular formula is C30H48O4. The summed E-state index contributed by atoms with van der Waals surface area (Å²) in [5, 5.41) is 32.4. The van der Waals surface area contributed by atoms with E-state index < -0.39 is 23.6 Å². The largest absolute Gasteiger partial charge is 0.481 e. The number of fused-ring (bicyclic) bond motifs is 7. The van der Waals surface area contributed by atoms with Crippen molar-refractivity contribution < 1.29 is 20.1 Å². The molecule has 5 rings (SSSR count). The molecule has 0 aromatic carbocycles. The number of hydrogen-bond acceptors (Lipinski definition) is 3. The third-order valence-electron chi connectivity index (χ3n) is 13.0. The summed E-state index contributed by atoms with van der Waals surface area (Å²) in [6, 6.07) is 0. The third kappa shape index (κ3) is 2.88. The molecule has 34 heavy (non-hydrogen) atoms. The van der Waals surface area contributed by atoms with E-state index in [0.717, 1.165) is 51.4 Å². The van der Waals surface area contributed by atoms with Gasteiger partial charge in [-0.25, -0.2) is 0 Å². The molecule has 0 heterocycles. The fraction of sp³-hybridized carbons (Fsp3) is 0.900. The van der Waals surface area contributed by atoms with Crippen LogP contribution in [-0.2, 0) is 4.79 Å². The maximum Gasteiger partial charge on any atom is 0.310 e. The van der Waals surface area contributed by atoms with Gasteiger partial charge >= 0.3 is 5.97 Å². The number of aliphatic carboxylic acids is 1. The van der Waals surface area contributed by atoms with Gasteiger partial charge in [-0.15, -0.1) is 0 Å². The van der Waals surface area contributed by atoms with E-state index in [0.29, 0.717) is 18.3 Å². The van der Waals surface area contributed by atoms with E-state index in [4.69, 9.17) is 0 Å². The van der Waals surface area contributed by atoms with E-state index >= 15 is 0 Å². The summed E-state index contributed by atoms with van der Waals surface area (Å²) in [5.74, 6) is 0.365. The van der Waals surface area contributed by atoms with E-state index in [-0.39, 0.29) is 33.0 Å². The summed E-state index contributed by atoms with van der Waals surface area (Å²) in [6.45, 7) is 16.3. The lowest BCUT2D eigenvalue weighted by atomic mass is 9.33. The Morgan fingerprint density at radius 1 is 0.882 bits per heavy atom. The summed E-state index contributed by atoms with van der Waals surface area (Å²) >= 11 is 0. The molecule has 3 N–H and O–H groups in total. The fourth-order valence-electron chi connectivity index (χ4n) is 10.8. The minimum absolute atomic E-state index is 0.00785. The molecule has 0 radical (unpaired) electrons. The van der Waals surface area contributed by atoms with Crippen molar-refractivity contribution in [3.63, 3.8) is 0 Å². The summed E-state index contributed by atoms with van der Waals surface area (Å²) in [5.41, 5.74) is 0.754. The zero-order chi connectivity index (χ0) is 25.1. The molecule has 4 nitrogen and oxygen atoms in total. The van der Waals surface area contributed by atoms with Gasteiger partial charge < -0.3 is 15.3 Å². The highest BCUT2D eigenvalue weighted by Crippen LogP contribution is 2.75. The molecule has 9 atom stereocenters. The number of rotatable bonds is 1. The number of hydrogen-bond donors (Lipinski definition) is 3. The van der Waals surface area contributed by atoms with Crippen LogP contribution in [0.1, 0.15) is 106 Å². The zero-order valence-electron chi connectivity index (χ0n) is 22.6. The van der Waals surface area contributed by atoms with E-state index in [1.807, 2.05) is 0 Å². The molecule has 0 saturated heterocycles. The molecule has 0 aliphatic heterocycles. The molecule has 2 unspecified atom stereocenters. The van der Waals surface area contributed by atoms with Crippen molar-refractivity contribution in [1.82, 2.24) is 0 Å². The van der Waals surface area contributed by atoms with Crippen LogP contribution in [0.5, 0.6) is 0 Å². The molecule has 5 aliphatic carbocycles. The maximum absolute atomic E-state index is 12.8. The van der Waals surface area contributed by atoms with Crippen molar-refractivity contribution in [3.8, 4) is 0 Å². The lowest BCUT2D eigenvalue weighted by Crippen LogP contribution is -2.67. The van der Waals surface area contributed by atoms with E-state index in [1.54, 1.807) is 0 Å². The van der Waals surface area contributed by atoms with Gasteiger partial charge in [-0.2, -0.15) is 0 Å². The van der Waals surface area contributed by atoms with E-state index in [2.05, 4.69) is 54.5 Å². The van der Waals surface area contributed by atoms with Crippen LogP contribution < -0.4 is 0 Å². The second-order valence-electron chi connectivity index (χ2n) is 15.2. The predicted octanol–water partition coefficient (Wildman–Crippen LogP) is 6.20. The molecule has 0 spiro atoms. The molecule has 0 aromatic heterocycles. The quantitative estimate of drug-likeness (QED) is 0.397. The average Bonchev–Trinajstić information content (AvgIpc) is 2.72. The van der Waals surface area contributed by atoms with Crippen LogP contribution in [0.3, 0.4) is 0 Å². The van der Waals surface area contributed by atoms with Gasteiger partial charge in [0.2, 0.25) is 0 Å². The lowest BCUT2D eigenvalue weighted by Gasteiger charge is -2.71. The van der Waals surface area contributed by atoms with Gasteiger partial charge in [0.15, 0.2) is 0 Å². The smallest absolute Gasteiger partial charge is 0.310 e. The number of carbonyl (C=O) groups is 1. The van der Waals surface area contributed by atoms with E-state index in [9.17, 15) is 20.1 Å². The van der Waals surface area contributed by atoms with Crippen molar-refractivity contribution in [2.45, 2.75) is 118 Å². The van der Waals surface area contributed by atoms with Gasteiger partial charge in [-0.05, 0) is 103 Å². The Bertz CT molecular complexity index is 919. The van der Waals surface area contributed by atoms with Gasteiger partial charge in [0.25, 0.3) is 0 Å². The first-order valence-corrected chi connectivity index (χ1v) is 13.9. The first-order valence-electron chi connectivity index (χ1n) is 13.9. The van der Waals surface area contributed by atoms with Gasteiger partial charge in [0, 0.05) is 0 Å². The minimum atomic E-state index is -0.679. The van der Waals surface area contributed by atoms with Gasteiger partial charge in [-0.1, -0.05) is 60.1 Å². The van der Waals surface area contributed by atoms with Crippen molar-refractivity contribution >= 4 is 5.97 Å². The van der Waals surface area contributed by atoms with Crippen LogP contribution >= 0.6 is 0 Å². The van der Waals surface area contributed by atoms with Crippen LogP contribution in [0.4, 0.5) is 0 Å². The highest BCUT2D eigenvalue weighted by molar-refractivity contribution is 5.76. The number of carboxylic acids is 1. The first kappa shape index (κ1) is 24.8. The number of carboxylic acid groups (broad SMARTS) is 1. The van der Waals surface area contributed by atoms with Gasteiger partial charge in [-0.3, -0.25) is 4.79 Å². The summed E-state index contributed by atoms with van der Waals surface area (Å²) < 4.78 is 0. The topological polar surface area (TPSA) is 77.8 Å². The molecular weight excluding hydrogens is 424 g/mol. The van der Waals surface area contributed by atoms with Gasteiger partial charge in [0.05, 0.1) is 17.6 Å². The Labute approximate surface area is 206 Å². The second kappa shape index (κ2) is 7.12. The Kier molecular flexibility index (Phi) is 5.20. The second-order valence-corrected chi connectivity index (χ2v) is 15.2. The normalized spacial score (nSPS) is 53.4. The zero-order valence-corrected chi connectivity index (χ0v) is 22.6. The van der Waals surface area contributed by atoms with Crippen molar-refractivity contribution in [3.05, 3.63) is 11.6 Å². The minimum Gasteiger partial charge on any atom is -0.481 e. The highest BCUT2D eigenvalue weighted by atomic mass is 16.4. The Hall–Kier alpha value is -0.870. The highest BCUT2D eigenvalue weighted by Gasteiger charge is 2.70. The van der Waals surface area contributed by atoms with Crippen molar-refractivity contribution in [2.24, 2.45) is 50.2 Å².